The van der Waals surface area contributed by atoms with Crippen LogP contribution in [0.2, 0.25) is 0 Å². The van der Waals surface area contributed by atoms with Crippen molar-refractivity contribution >= 4 is 6.08 Å². The lowest BCUT2D eigenvalue weighted by molar-refractivity contribution is -0.0790. The molecule has 0 bridgehead atoms. The van der Waals surface area contributed by atoms with Gasteiger partial charge in [-0.3, -0.25) is 0 Å². The Morgan fingerprint density at radius 3 is 2.57 bits per heavy atom. The van der Waals surface area contributed by atoms with Crippen molar-refractivity contribution in [3.8, 4) is 6.07 Å². The van der Waals surface area contributed by atoms with E-state index in [9.17, 15) is 13.2 Å². The number of nitriles is 1. The third-order valence-electron chi connectivity index (χ3n) is 1.48. The molecule has 0 aliphatic rings. The molecule has 0 atom stereocenters. The predicted molar refractivity (Wildman–Crippen MR) is 46.2 cm³/mol. The molecule has 1 aromatic rings. The van der Waals surface area contributed by atoms with Gasteiger partial charge >= 0.3 is 6.18 Å². The first-order valence-electron chi connectivity index (χ1n) is 3.77. The van der Waals surface area contributed by atoms with Crippen LogP contribution >= 0.6 is 0 Å². The molecule has 0 aliphatic carbocycles. The molecule has 72 valence electrons. The van der Waals surface area contributed by atoms with E-state index in [0.717, 1.165) is 6.08 Å². The summed E-state index contributed by atoms with van der Waals surface area (Å²) in [6.07, 6.45) is -3.24. The minimum absolute atomic E-state index is 0.142. The highest BCUT2D eigenvalue weighted by Crippen LogP contribution is 2.18. The summed E-state index contributed by atoms with van der Waals surface area (Å²) in [5, 5.41) is 8.49. The van der Waals surface area contributed by atoms with Crippen LogP contribution in [-0.2, 0) is 0 Å². The van der Waals surface area contributed by atoms with Crippen LogP contribution in [0, 0.1) is 11.3 Å². The lowest BCUT2D eigenvalue weighted by Crippen LogP contribution is -2.00. The molecule has 0 aliphatic heterocycles. The van der Waals surface area contributed by atoms with Gasteiger partial charge in [-0.1, -0.05) is 18.2 Å². The zero-order chi connectivity index (χ0) is 10.6. The maximum atomic E-state index is 11.8. The number of nitrogens with zero attached hydrogens (tertiary/aromatic N) is 1. The van der Waals surface area contributed by atoms with Crippen molar-refractivity contribution in [2.45, 2.75) is 6.18 Å². The topological polar surface area (TPSA) is 23.8 Å². The van der Waals surface area contributed by atoms with E-state index in [1.54, 1.807) is 0 Å². The summed E-state index contributed by atoms with van der Waals surface area (Å²) in [6.45, 7) is 0. The smallest absolute Gasteiger partial charge is 0.192 e. The molecule has 0 radical (unpaired) electrons. The molecule has 4 heteroatoms. The van der Waals surface area contributed by atoms with E-state index in [1.165, 1.54) is 24.3 Å². The summed E-state index contributed by atoms with van der Waals surface area (Å²) in [5.74, 6) is 0. The Balaban J connectivity index is 2.89. The van der Waals surface area contributed by atoms with Crippen molar-refractivity contribution in [2.24, 2.45) is 0 Å². The minimum Gasteiger partial charge on any atom is -0.192 e. The standard InChI is InChI=1S/C10H6F3N/c11-10(12,13)5-4-8-2-1-3-9(6-8)7-14/h1-6H. The number of halogens is 3. The Labute approximate surface area is 79.1 Å². The van der Waals surface area contributed by atoms with E-state index in [1.807, 2.05) is 6.07 Å². The van der Waals surface area contributed by atoms with Crippen LogP contribution in [0.25, 0.3) is 6.08 Å². The summed E-state index contributed by atoms with van der Waals surface area (Å²) in [6, 6.07) is 7.81. The maximum Gasteiger partial charge on any atom is 0.409 e. The van der Waals surface area contributed by atoms with Crippen LogP contribution in [0.15, 0.2) is 30.3 Å². The van der Waals surface area contributed by atoms with Crippen molar-refractivity contribution in [3.05, 3.63) is 41.5 Å². The fourth-order valence-corrected chi connectivity index (χ4v) is 0.903. The van der Waals surface area contributed by atoms with E-state index < -0.39 is 6.18 Å². The monoisotopic (exact) mass is 197 g/mol. The third-order valence-corrected chi connectivity index (χ3v) is 1.48. The molecule has 1 aromatic carbocycles. The van der Waals surface area contributed by atoms with Crippen LogP contribution in [0.4, 0.5) is 13.2 Å². The van der Waals surface area contributed by atoms with E-state index in [4.69, 9.17) is 5.26 Å². The van der Waals surface area contributed by atoms with Crippen molar-refractivity contribution in [1.29, 1.82) is 5.26 Å². The molecule has 0 unspecified atom stereocenters. The molecule has 1 rings (SSSR count). The van der Waals surface area contributed by atoms with Gasteiger partial charge in [-0.25, -0.2) is 0 Å². The summed E-state index contributed by atoms with van der Waals surface area (Å²) < 4.78 is 35.3. The van der Waals surface area contributed by atoms with Crippen molar-refractivity contribution in [1.82, 2.24) is 0 Å². The van der Waals surface area contributed by atoms with Crippen LogP contribution in [-0.4, -0.2) is 6.18 Å². The van der Waals surface area contributed by atoms with Crippen molar-refractivity contribution in [2.75, 3.05) is 0 Å². The van der Waals surface area contributed by atoms with Gasteiger partial charge in [-0.2, -0.15) is 18.4 Å². The van der Waals surface area contributed by atoms with Crippen molar-refractivity contribution in [3.63, 3.8) is 0 Å². The molecule has 0 amide bonds. The molecule has 0 fully saturated rings. The highest BCUT2D eigenvalue weighted by Gasteiger charge is 2.21. The van der Waals surface area contributed by atoms with Gasteiger partial charge in [-0.05, 0) is 17.7 Å². The van der Waals surface area contributed by atoms with E-state index in [-0.39, 0.29) is 6.08 Å². The van der Waals surface area contributed by atoms with Crippen LogP contribution in [0.5, 0.6) is 0 Å². The lowest BCUT2D eigenvalue weighted by atomic mass is 10.1. The number of hydrogen-bond donors (Lipinski definition) is 0. The highest BCUT2D eigenvalue weighted by atomic mass is 19.4. The van der Waals surface area contributed by atoms with Gasteiger partial charge in [0.2, 0.25) is 0 Å². The molecular weight excluding hydrogens is 191 g/mol. The minimum atomic E-state index is -4.32. The largest absolute Gasteiger partial charge is 0.409 e. The fraction of sp³-hybridized carbons (Fsp3) is 0.100. The number of benzene rings is 1. The quantitative estimate of drug-likeness (QED) is 0.678. The third kappa shape index (κ3) is 3.31. The van der Waals surface area contributed by atoms with Gasteiger partial charge < -0.3 is 0 Å². The van der Waals surface area contributed by atoms with Gasteiger partial charge in [0, 0.05) is 6.08 Å². The van der Waals surface area contributed by atoms with Crippen LogP contribution in [0.3, 0.4) is 0 Å². The zero-order valence-electron chi connectivity index (χ0n) is 7.05. The Kier molecular flexibility index (Phi) is 2.92. The molecule has 0 aromatic heterocycles. The van der Waals surface area contributed by atoms with Gasteiger partial charge in [0.25, 0.3) is 0 Å². The van der Waals surface area contributed by atoms with Gasteiger partial charge in [0.1, 0.15) is 0 Å². The van der Waals surface area contributed by atoms with Crippen molar-refractivity contribution < 1.29 is 13.2 Å². The Morgan fingerprint density at radius 2 is 2.00 bits per heavy atom. The summed E-state index contributed by atoms with van der Waals surface area (Å²) >= 11 is 0. The summed E-state index contributed by atoms with van der Waals surface area (Å²) in [7, 11) is 0. The Hall–Kier alpha value is -1.76. The van der Waals surface area contributed by atoms with Crippen LogP contribution < -0.4 is 0 Å². The average molecular weight is 197 g/mol. The predicted octanol–water partition coefficient (Wildman–Crippen LogP) is 3.13. The molecule has 1 nitrogen and oxygen atoms in total. The second-order valence-corrected chi connectivity index (χ2v) is 2.61. The van der Waals surface area contributed by atoms with Gasteiger partial charge in [0.05, 0.1) is 11.6 Å². The zero-order valence-corrected chi connectivity index (χ0v) is 7.05. The SMILES string of the molecule is N#Cc1cccc(C=CC(F)(F)F)c1. The molecule has 14 heavy (non-hydrogen) atoms. The first kappa shape index (κ1) is 10.3. The Bertz CT molecular complexity index is 385. The van der Waals surface area contributed by atoms with Gasteiger partial charge in [0.15, 0.2) is 0 Å². The second-order valence-electron chi connectivity index (χ2n) is 2.61. The number of alkyl halides is 3. The van der Waals surface area contributed by atoms with E-state index >= 15 is 0 Å². The summed E-state index contributed by atoms with van der Waals surface area (Å²) in [5.41, 5.74) is 0.704. The van der Waals surface area contributed by atoms with E-state index in [2.05, 4.69) is 0 Å². The second kappa shape index (κ2) is 3.97. The maximum absolute atomic E-state index is 11.8. The molecule has 0 saturated carbocycles. The number of hydrogen-bond acceptors (Lipinski definition) is 1. The lowest BCUT2D eigenvalue weighted by Gasteiger charge is -1.98. The normalized spacial score (nSPS) is 11.6. The van der Waals surface area contributed by atoms with Crippen LogP contribution in [0.1, 0.15) is 11.1 Å². The highest BCUT2D eigenvalue weighted by molar-refractivity contribution is 5.52. The number of allylic oxidation sites excluding steroid dienone is 1. The molecule has 0 N–H and O–H groups in total. The molecule has 0 saturated heterocycles. The fourth-order valence-electron chi connectivity index (χ4n) is 0.903. The Morgan fingerprint density at radius 1 is 1.29 bits per heavy atom. The molecule has 0 heterocycles. The summed E-state index contributed by atoms with van der Waals surface area (Å²) in [4.78, 5) is 0. The van der Waals surface area contributed by atoms with E-state index in [0.29, 0.717) is 11.1 Å². The molecule has 0 spiro atoms. The number of rotatable bonds is 1. The first-order chi connectivity index (χ1) is 6.51. The average Bonchev–Trinajstić information content (AvgIpc) is 2.14. The first-order valence-corrected chi connectivity index (χ1v) is 3.77. The van der Waals surface area contributed by atoms with Gasteiger partial charge in [-0.15, -0.1) is 0 Å². The molecular formula is C10H6F3N.